The SMILES string of the molecule is CSc1nc(-c2nn(C(c3ccccc3)(c3ccccc3)c3ccccc3)c3ncc(Cl)cc23)ncc1F. The summed E-state index contributed by atoms with van der Waals surface area (Å²) < 4.78 is 16.2. The van der Waals surface area contributed by atoms with E-state index in [9.17, 15) is 4.39 Å². The number of benzene rings is 3. The zero-order valence-corrected chi connectivity index (χ0v) is 21.9. The maximum Gasteiger partial charge on any atom is 0.182 e. The van der Waals surface area contributed by atoms with Gasteiger partial charge in [-0.15, -0.1) is 11.8 Å². The summed E-state index contributed by atoms with van der Waals surface area (Å²) in [5.41, 5.74) is 3.15. The van der Waals surface area contributed by atoms with Crippen LogP contribution in [0.15, 0.2) is 114 Å². The monoisotopic (exact) mass is 537 g/mol. The molecule has 5 nitrogen and oxygen atoms in total. The minimum absolute atomic E-state index is 0.244. The second kappa shape index (κ2) is 10.0. The number of nitrogens with zero attached hydrogens (tertiary/aromatic N) is 5. The van der Waals surface area contributed by atoms with Gasteiger partial charge in [-0.3, -0.25) is 0 Å². The molecule has 3 heterocycles. The number of aromatic nitrogens is 5. The van der Waals surface area contributed by atoms with Crippen LogP contribution in [0.1, 0.15) is 16.7 Å². The van der Waals surface area contributed by atoms with Crippen molar-refractivity contribution < 1.29 is 4.39 Å². The molecule has 0 aliphatic carbocycles. The van der Waals surface area contributed by atoms with Crippen molar-refractivity contribution in [1.29, 1.82) is 0 Å². The first kappa shape index (κ1) is 24.3. The number of fused-ring (bicyclic) bond motifs is 1. The predicted molar refractivity (Wildman–Crippen MR) is 150 cm³/mol. The van der Waals surface area contributed by atoms with E-state index in [1.807, 2.05) is 59.3 Å². The minimum Gasteiger partial charge on any atom is -0.235 e. The molecular formula is C30H21ClFN5S. The van der Waals surface area contributed by atoms with E-state index in [1.165, 1.54) is 18.0 Å². The van der Waals surface area contributed by atoms with Gasteiger partial charge >= 0.3 is 0 Å². The first-order chi connectivity index (χ1) is 18.6. The fourth-order valence-corrected chi connectivity index (χ4v) is 5.47. The van der Waals surface area contributed by atoms with Crippen molar-refractivity contribution in [3.8, 4) is 11.5 Å². The van der Waals surface area contributed by atoms with Crippen molar-refractivity contribution in [1.82, 2.24) is 24.7 Å². The highest BCUT2D eigenvalue weighted by Crippen LogP contribution is 2.43. The standard InChI is InChI=1S/C30H21ClFN5S/c1-38-29-25(32)19-33-27(35-29)26-24-17-23(31)18-34-28(24)37(36-26)30(20-11-5-2-6-12-20,21-13-7-3-8-14-21)22-15-9-4-10-16-22/h2-19H,1H3. The number of hydrogen-bond donors (Lipinski definition) is 0. The second-order valence-corrected chi connectivity index (χ2v) is 9.88. The lowest BCUT2D eigenvalue weighted by molar-refractivity contribution is 0.473. The molecule has 0 unspecified atom stereocenters. The van der Waals surface area contributed by atoms with Crippen LogP contribution in [0.2, 0.25) is 5.02 Å². The largest absolute Gasteiger partial charge is 0.235 e. The summed E-state index contributed by atoms with van der Waals surface area (Å²) in [5, 5.41) is 6.51. The molecule has 3 aromatic carbocycles. The molecule has 0 aliphatic rings. The van der Waals surface area contributed by atoms with Gasteiger partial charge in [-0.05, 0) is 29.0 Å². The van der Waals surface area contributed by atoms with Gasteiger partial charge in [-0.25, -0.2) is 24.0 Å². The Morgan fingerprint density at radius 3 is 1.87 bits per heavy atom. The highest BCUT2D eigenvalue weighted by Gasteiger charge is 2.41. The van der Waals surface area contributed by atoms with Gasteiger partial charge in [0.15, 0.2) is 17.3 Å². The lowest BCUT2D eigenvalue weighted by Crippen LogP contribution is -2.38. The van der Waals surface area contributed by atoms with Crippen LogP contribution in [0.3, 0.4) is 0 Å². The molecule has 3 aromatic heterocycles. The number of halogens is 2. The molecule has 0 saturated carbocycles. The first-order valence-electron chi connectivity index (χ1n) is 11.9. The summed E-state index contributed by atoms with van der Waals surface area (Å²) in [6.07, 6.45) is 4.56. The topological polar surface area (TPSA) is 56.5 Å². The number of thioether (sulfide) groups is 1. The van der Waals surface area contributed by atoms with Gasteiger partial charge in [0.2, 0.25) is 0 Å². The molecule has 0 atom stereocenters. The molecule has 6 rings (SSSR count). The average Bonchev–Trinajstić information content (AvgIpc) is 3.34. The molecule has 0 saturated heterocycles. The molecule has 0 aliphatic heterocycles. The van der Waals surface area contributed by atoms with Crippen molar-refractivity contribution in [3.05, 3.63) is 137 Å². The van der Waals surface area contributed by atoms with Crippen LogP contribution in [0.25, 0.3) is 22.6 Å². The molecule has 0 spiro atoms. The van der Waals surface area contributed by atoms with E-state index in [-0.39, 0.29) is 5.03 Å². The minimum atomic E-state index is -0.899. The highest BCUT2D eigenvalue weighted by atomic mass is 35.5. The fourth-order valence-electron chi connectivity index (χ4n) is 4.89. The third-order valence-electron chi connectivity index (χ3n) is 6.50. The van der Waals surface area contributed by atoms with Gasteiger partial charge in [0.25, 0.3) is 0 Å². The molecular weight excluding hydrogens is 517 g/mol. The first-order valence-corrected chi connectivity index (χ1v) is 13.5. The van der Waals surface area contributed by atoms with Crippen molar-refractivity contribution in [3.63, 3.8) is 0 Å². The zero-order valence-electron chi connectivity index (χ0n) is 20.3. The summed E-state index contributed by atoms with van der Waals surface area (Å²) >= 11 is 7.65. The van der Waals surface area contributed by atoms with Crippen LogP contribution in [0.5, 0.6) is 0 Å². The Kier molecular flexibility index (Phi) is 6.39. The van der Waals surface area contributed by atoms with Crippen molar-refractivity contribution >= 4 is 34.4 Å². The Labute approximate surface area is 228 Å². The molecule has 0 bridgehead atoms. The molecule has 0 radical (unpaired) electrons. The van der Waals surface area contributed by atoms with Crippen molar-refractivity contribution in [2.24, 2.45) is 0 Å². The third-order valence-corrected chi connectivity index (χ3v) is 7.38. The van der Waals surface area contributed by atoms with E-state index in [4.69, 9.17) is 21.7 Å². The van der Waals surface area contributed by atoms with Crippen molar-refractivity contribution in [2.75, 3.05) is 6.26 Å². The molecule has 8 heteroatoms. The lowest BCUT2D eigenvalue weighted by Gasteiger charge is -2.36. The molecule has 0 fully saturated rings. The quantitative estimate of drug-likeness (QED) is 0.127. The van der Waals surface area contributed by atoms with E-state index < -0.39 is 11.4 Å². The average molecular weight is 538 g/mol. The highest BCUT2D eigenvalue weighted by molar-refractivity contribution is 7.98. The summed E-state index contributed by atoms with van der Waals surface area (Å²) in [6, 6.07) is 32.4. The van der Waals surface area contributed by atoms with Crippen molar-refractivity contribution in [2.45, 2.75) is 10.6 Å². The molecule has 186 valence electrons. The Balaban J connectivity index is 1.77. The summed E-state index contributed by atoms with van der Waals surface area (Å²) in [5.74, 6) is -0.181. The predicted octanol–water partition coefficient (Wildman–Crippen LogP) is 7.24. The lowest BCUT2D eigenvalue weighted by atomic mass is 9.77. The smallest absolute Gasteiger partial charge is 0.182 e. The van der Waals surface area contributed by atoms with Gasteiger partial charge < -0.3 is 0 Å². The van der Waals surface area contributed by atoms with Crippen LogP contribution in [-0.4, -0.2) is 31.0 Å². The molecule has 0 N–H and O–H groups in total. The number of pyridine rings is 1. The normalized spacial score (nSPS) is 11.7. The fraction of sp³-hybridized carbons (Fsp3) is 0.0667. The van der Waals surface area contributed by atoms with E-state index in [0.717, 1.165) is 16.7 Å². The van der Waals surface area contributed by atoms with Crippen LogP contribution < -0.4 is 0 Å². The van der Waals surface area contributed by atoms with Gasteiger partial charge in [0, 0.05) is 6.20 Å². The van der Waals surface area contributed by atoms with Crippen LogP contribution in [-0.2, 0) is 5.54 Å². The van der Waals surface area contributed by atoms with Gasteiger partial charge in [0.05, 0.1) is 16.6 Å². The maximum absolute atomic E-state index is 14.3. The van der Waals surface area contributed by atoms with E-state index in [1.54, 1.807) is 18.5 Å². The molecule has 38 heavy (non-hydrogen) atoms. The van der Waals surface area contributed by atoms with E-state index in [0.29, 0.717) is 27.6 Å². The number of rotatable bonds is 6. The maximum atomic E-state index is 14.3. The van der Waals surface area contributed by atoms with Gasteiger partial charge in [0.1, 0.15) is 16.3 Å². The van der Waals surface area contributed by atoms with Crippen LogP contribution in [0.4, 0.5) is 4.39 Å². The molecule has 6 aromatic rings. The molecule has 0 amide bonds. The Morgan fingerprint density at radius 2 is 1.34 bits per heavy atom. The van der Waals surface area contributed by atoms with Crippen LogP contribution in [0, 0.1) is 5.82 Å². The zero-order chi connectivity index (χ0) is 26.1. The van der Waals surface area contributed by atoms with Gasteiger partial charge in [-0.2, -0.15) is 5.10 Å². The van der Waals surface area contributed by atoms with E-state index >= 15 is 0 Å². The summed E-state index contributed by atoms with van der Waals surface area (Å²) in [7, 11) is 0. The second-order valence-electron chi connectivity index (χ2n) is 8.64. The summed E-state index contributed by atoms with van der Waals surface area (Å²) in [4.78, 5) is 13.6. The third kappa shape index (κ3) is 3.95. The van der Waals surface area contributed by atoms with E-state index in [2.05, 4.69) is 46.4 Å². The van der Waals surface area contributed by atoms with Crippen LogP contribution >= 0.6 is 23.4 Å². The summed E-state index contributed by atoms with van der Waals surface area (Å²) in [6.45, 7) is 0. The Morgan fingerprint density at radius 1 is 0.789 bits per heavy atom. The number of hydrogen-bond acceptors (Lipinski definition) is 5. The Bertz CT molecular complexity index is 1630. The van der Waals surface area contributed by atoms with Gasteiger partial charge in [-0.1, -0.05) is 103 Å². The Hall–Kier alpha value is -4.07.